The lowest BCUT2D eigenvalue weighted by Gasteiger charge is -2.29. The van der Waals surface area contributed by atoms with Gasteiger partial charge in [0.15, 0.2) is 17.9 Å². The number of rotatable bonds is 48. The fraction of sp³-hybridized carbons (Fsp3) is 0.911. The maximum Gasteiger partial charge on any atom is 0.169 e. The summed E-state index contributed by atoms with van der Waals surface area (Å²) in [4.78, 5) is 0. The minimum atomic E-state index is 0.326. The van der Waals surface area contributed by atoms with E-state index in [2.05, 4.69) is 55.9 Å². The average molecular weight is 795 g/mol. The minimum absolute atomic E-state index is 0.326. The molecule has 0 spiro atoms. The Balaban J connectivity index is 2.39. The summed E-state index contributed by atoms with van der Waals surface area (Å²) < 4.78 is 2.69. The molecule has 0 amide bonds. The zero-order chi connectivity index (χ0) is 40.8. The Bertz CT molecular complexity index is 823. The largest absolute Gasteiger partial charge is 0.200 e. The van der Waals surface area contributed by atoms with Crippen molar-refractivity contribution < 1.29 is 4.57 Å². The fourth-order valence-electron chi connectivity index (χ4n) is 9.78. The summed E-state index contributed by atoms with van der Waals surface area (Å²) in [6.45, 7) is 6.97. The summed E-state index contributed by atoms with van der Waals surface area (Å²) in [5.74, 6) is 0. The van der Waals surface area contributed by atoms with Crippen LogP contribution in [0.5, 0.6) is 0 Å². The summed E-state index contributed by atoms with van der Waals surface area (Å²) in [5, 5.41) is 0. The third-order valence-electron chi connectivity index (χ3n) is 13.8. The third-order valence-corrected chi connectivity index (χ3v) is 13.8. The Morgan fingerprint density at radius 3 is 0.596 bits per heavy atom. The summed E-state index contributed by atoms with van der Waals surface area (Å²) in [5.41, 5.74) is 0.326. The lowest BCUT2D eigenvalue weighted by Crippen LogP contribution is -2.55. The van der Waals surface area contributed by atoms with Crippen molar-refractivity contribution in [2.45, 2.75) is 328 Å². The first-order valence-corrected chi connectivity index (χ1v) is 27.3. The van der Waals surface area contributed by atoms with Gasteiger partial charge < -0.3 is 0 Å². The number of pyridine rings is 1. The van der Waals surface area contributed by atoms with Crippen molar-refractivity contribution in [2.75, 3.05) is 0 Å². The maximum atomic E-state index is 2.69. The Labute approximate surface area is 361 Å². The zero-order valence-electron chi connectivity index (χ0n) is 40.1. The lowest BCUT2D eigenvalue weighted by molar-refractivity contribution is -0.768. The summed E-state index contributed by atoms with van der Waals surface area (Å²) in [7, 11) is 0. The van der Waals surface area contributed by atoms with Crippen molar-refractivity contribution in [3.8, 4) is 0 Å². The molecule has 1 heterocycles. The number of hydrogen-bond donors (Lipinski definition) is 0. The van der Waals surface area contributed by atoms with Crippen LogP contribution in [0.4, 0.5) is 0 Å². The molecule has 0 N–H and O–H groups in total. The van der Waals surface area contributed by atoms with E-state index < -0.39 is 0 Å². The van der Waals surface area contributed by atoms with E-state index in [-0.39, 0.29) is 0 Å². The van der Waals surface area contributed by atoms with Crippen LogP contribution in [0.25, 0.3) is 0 Å². The molecule has 0 aliphatic heterocycles. The van der Waals surface area contributed by atoms with E-state index in [4.69, 9.17) is 0 Å². The summed E-state index contributed by atoms with van der Waals surface area (Å²) >= 11 is 0. The topological polar surface area (TPSA) is 3.88 Å². The third kappa shape index (κ3) is 35.6. The molecule has 0 saturated heterocycles. The summed E-state index contributed by atoms with van der Waals surface area (Å²) in [6, 6.07) is 6.83. The van der Waals surface area contributed by atoms with Crippen LogP contribution in [0.2, 0.25) is 0 Å². The molecule has 1 aromatic heterocycles. The first-order valence-electron chi connectivity index (χ1n) is 27.3. The van der Waals surface area contributed by atoms with Crippen LogP contribution in [-0.2, 0) is 5.54 Å². The molecule has 0 fully saturated rings. The predicted molar refractivity (Wildman–Crippen MR) is 259 cm³/mol. The van der Waals surface area contributed by atoms with Gasteiger partial charge in [-0.2, -0.15) is 4.57 Å². The average Bonchev–Trinajstić information content (AvgIpc) is 3.23. The monoisotopic (exact) mass is 795 g/mol. The van der Waals surface area contributed by atoms with Gasteiger partial charge in [0, 0.05) is 31.4 Å². The normalized spacial score (nSPS) is 11.9. The van der Waals surface area contributed by atoms with Crippen molar-refractivity contribution >= 4 is 0 Å². The van der Waals surface area contributed by atoms with Crippen molar-refractivity contribution in [1.82, 2.24) is 0 Å². The molecular formula is C56H108N+. The standard InChI is InChI=1S/C56H108N/c1-4-7-10-13-16-19-22-24-26-28-30-32-34-37-40-43-47-52-56(57-54-49-45-50-55-57,51-46-42-39-36-21-18-15-12-9-6-3)53-48-44-41-38-35-33-31-29-27-25-23-20-17-14-11-8-5-2/h45,49-50,54-55H,4-44,46-48,51-53H2,1-3H3/q+1. The first-order chi connectivity index (χ1) is 28.3. The van der Waals surface area contributed by atoms with E-state index in [1.807, 2.05) is 0 Å². The molecule has 336 valence electrons. The van der Waals surface area contributed by atoms with Gasteiger partial charge in [-0.05, 0) is 19.3 Å². The maximum absolute atomic E-state index is 2.69. The lowest BCUT2D eigenvalue weighted by atomic mass is 9.81. The van der Waals surface area contributed by atoms with Crippen LogP contribution in [0.1, 0.15) is 323 Å². The van der Waals surface area contributed by atoms with Gasteiger partial charge in [0.2, 0.25) is 0 Å². The van der Waals surface area contributed by atoms with Crippen LogP contribution in [-0.4, -0.2) is 0 Å². The van der Waals surface area contributed by atoms with E-state index in [0.717, 1.165) is 0 Å². The molecule has 0 unspecified atom stereocenters. The fourth-order valence-corrected chi connectivity index (χ4v) is 9.78. The van der Waals surface area contributed by atoms with Gasteiger partial charge >= 0.3 is 0 Å². The predicted octanol–water partition coefficient (Wildman–Crippen LogP) is 20.1. The smallest absolute Gasteiger partial charge is 0.169 e. The molecule has 1 aromatic rings. The molecule has 1 rings (SSSR count). The van der Waals surface area contributed by atoms with Crippen LogP contribution in [0.15, 0.2) is 30.6 Å². The SMILES string of the molecule is CCCCCCCCCCCCCCCCCCCC(CCCCCCCCCCCC)(CCCCCCCCCCCCCCCCCCC)[n+]1ccccc1. The Morgan fingerprint density at radius 1 is 0.228 bits per heavy atom. The highest BCUT2D eigenvalue weighted by Gasteiger charge is 2.37. The molecule has 0 saturated carbocycles. The molecule has 0 bridgehead atoms. The molecule has 0 aliphatic carbocycles. The number of hydrogen-bond acceptors (Lipinski definition) is 0. The van der Waals surface area contributed by atoms with Gasteiger partial charge in [0.05, 0.1) is 0 Å². The summed E-state index contributed by atoms with van der Waals surface area (Å²) in [6.07, 6.45) is 72.9. The van der Waals surface area contributed by atoms with Gasteiger partial charge in [0.25, 0.3) is 0 Å². The molecule has 0 aliphatic rings. The van der Waals surface area contributed by atoms with Gasteiger partial charge in [-0.25, -0.2) is 0 Å². The number of aromatic nitrogens is 1. The quantitative estimate of drug-likeness (QED) is 0.0457. The van der Waals surface area contributed by atoms with Gasteiger partial charge in [0.1, 0.15) is 0 Å². The van der Waals surface area contributed by atoms with Gasteiger partial charge in [-0.15, -0.1) is 0 Å². The molecule has 1 heteroatoms. The molecule has 0 aromatic carbocycles. The van der Waals surface area contributed by atoms with Gasteiger partial charge in [-0.3, -0.25) is 0 Å². The molecule has 0 radical (unpaired) electrons. The highest BCUT2D eigenvalue weighted by molar-refractivity contribution is 4.86. The van der Waals surface area contributed by atoms with E-state index in [9.17, 15) is 0 Å². The van der Waals surface area contributed by atoms with Crippen LogP contribution < -0.4 is 4.57 Å². The highest BCUT2D eigenvalue weighted by Crippen LogP contribution is 2.32. The molecule has 0 atom stereocenters. The second kappa shape index (κ2) is 44.7. The van der Waals surface area contributed by atoms with Crippen molar-refractivity contribution in [3.05, 3.63) is 30.6 Å². The second-order valence-corrected chi connectivity index (χ2v) is 19.3. The van der Waals surface area contributed by atoms with E-state index in [0.29, 0.717) is 5.54 Å². The van der Waals surface area contributed by atoms with Gasteiger partial charge in [-0.1, -0.05) is 290 Å². The first kappa shape index (κ1) is 54.2. The molecule has 57 heavy (non-hydrogen) atoms. The van der Waals surface area contributed by atoms with Crippen LogP contribution >= 0.6 is 0 Å². The Kier molecular flexibility index (Phi) is 42.5. The highest BCUT2D eigenvalue weighted by atomic mass is 15.0. The molecular weight excluding hydrogens is 687 g/mol. The Hall–Kier alpha value is -0.850. The van der Waals surface area contributed by atoms with Crippen molar-refractivity contribution in [3.63, 3.8) is 0 Å². The van der Waals surface area contributed by atoms with Crippen molar-refractivity contribution in [1.29, 1.82) is 0 Å². The Morgan fingerprint density at radius 2 is 0.404 bits per heavy atom. The van der Waals surface area contributed by atoms with E-state index in [1.165, 1.54) is 302 Å². The van der Waals surface area contributed by atoms with E-state index >= 15 is 0 Å². The second-order valence-electron chi connectivity index (χ2n) is 19.3. The number of unbranched alkanes of at least 4 members (excludes halogenated alkanes) is 41. The van der Waals surface area contributed by atoms with E-state index in [1.54, 1.807) is 0 Å². The number of nitrogens with zero attached hydrogens (tertiary/aromatic N) is 1. The van der Waals surface area contributed by atoms with Crippen LogP contribution in [0, 0.1) is 0 Å². The minimum Gasteiger partial charge on any atom is -0.200 e. The van der Waals surface area contributed by atoms with Crippen molar-refractivity contribution in [2.24, 2.45) is 0 Å². The molecule has 1 nitrogen and oxygen atoms in total. The zero-order valence-corrected chi connectivity index (χ0v) is 40.1. The van der Waals surface area contributed by atoms with Crippen LogP contribution in [0.3, 0.4) is 0 Å².